The Bertz CT molecular complexity index is 2170. The van der Waals surface area contributed by atoms with Gasteiger partial charge in [0.15, 0.2) is 5.82 Å². The first kappa shape index (κ1) is 35.6. The van der Waals surface area contributed by atoms with E-state index in [0.717, 1.165) is 51.7 Å². The number of aliphatic hydroxyl groups is 1. The summed E-state index contributed by atoms with van der Waals surface area (Å²) in [5.74, 6) is 0.230. The molecule has 270 valence electrons. The van der Waals surface area contributed by atoms with Crippen LogP contribution in [0.3, 0.4) is 0 Å². The number of β-amino-alcohol motifs (C(OH)–C–C–N with tert-alkyl or cyclic N) is 1. The van der Waals surface area contributed by atoms with Crippen LogP contribution in [0.15, 0.2) is 67.0 Å². The maximum atomic E-state index is 13.7. The SMILES string of the molecule is Cn1c(C(=O)N(Cl)c2cccc(-c3cccc(Nc4nccc5cc(CN6CCC(O)C6)cnc45)c3Cl)c2)nc2c1CCN(C(=O)OC(C)(C)C)C2. The third-order valence-electron chi connectivity index (χ3n) is 9.22. The lowest BCUT2D eigenvalue weighted by Gasteiger charge is -2.29. The van der Waals surface area contributed by atoms with Gasteiger partial charge in [-0.1, -0.05) is 35.9 Å². The van der Waals surface area contributed by atoms with E-state index in [1.807, 2.05) is 63.4 Å². The van der Waals surface area contributed by atoms with E-state index in [1.165, 1.54) is 0 Å². The molecule has 0 bridgehead atoms. The molecular weight excluding hydrogens is 703 g/mol. The number of benzene rings is 2. The summed E-state index contributed by atoms with van der Waals surface area (Å²) in [6.45, 7) is 8.42. The van der Waals surface area contributed by atoms with Crippen LogP contribution in [0.5, 0.6) is 0 Å². The van der Waals surface area contributed by atoms with E-state index in [9.17, 15) is 14.7 Å². The Kier molecular flexibility index (Phi) is 9.83. The third-order valence-corrected chi connectivity index (χ3v) is 9.98. The summed E-state index contributed by atoms with van der Waals surface area (Å²) in [6.07, 6.45) is 4.21. The number of aromatic nitrogens is 4. The van der Waals surface area contributed by atoms with Gasteiger partial charge in [0.25, 0.3) is 0 Å². The minimum atomic E-state index is -0.616. The van der Waals surface area contributed by atoms with Crippen molar-refractivity contribution < 1.29 is 19.4 Å². The van der Waals surface area contributed by atoms with Crippen molar-refractivity contribution in [3.63, 3.8) is 0 Å². The number of nitrogens with zero attached hydrogens (tertiary/aromatic N) is 7. The third kappa shape index (κ3) is 7.42. The number of ether oxygens (including phenoxy) is 1. The molecular formula is C38H40Cl2N8O4. The lowest BCUT2D eigenvalue weighted by atomic mass is 10.0. The molecule has 0 saturated carbocycles. The van der Waals surface area contributed by atoms with E-state index in [4.69, 9.17) is 33.1 Å². The van der Waals surface area contributed by atoms with Crippen molar-refractivity contribution in [1.82, 2.24) is 29.3 Å². The molecule has 3 aromatic heterocycles. The zero-order valence-electron chi connectivity index (χ0n) is 29.4. The van der Waals surface area contributed by atoms with Crippen molar-refractivity contribution >= 4 is 63.5 Å². The monoisotopic (exact) mass is 742 g/mol. The number of nitrogens with one attached hydrogen (secondary N) is 1. The standard InChI is InChI=1S/C38H40Cl2N8O4/c1-38(2,3)52-37(51)47-16-13-31-30(22-47)44-35(45(31)4)36(50)48(40)26-8-5-7-24(18-26)28-9-6-10-29(32(28)39)43-34-33-25(11-14-41-34)17-23(19-42-33)20-46-15-12-27(49)21-46/h5-11,14,17-19,27,49H,12-13,15-16,20-22H2,1-4H3,(H,41,43). The smallest absolute Gasteiger partial charge is 0.410 e. The van der Waals surface area contributed by atoms with Gasteiger partial charge in [0.1, 0.15) is 11.1 Å². The summed E-state index contributed by atoms with van der Waals surface area (Å²) in [5, 5.41) is 14.7. The maximum Gasteiger partial charge on any atom is 0.410 e. The van der Waals surface area contributed by atoms with E-state index in [2.05, 4.69) is 26.3 Å². The topological polar surface area (TPSA) is 129 Å². The fraction of sp³-hybridized carbons (Fsp3) is 0.342. The Morgan fingerprint density at radius 2 is 1.90 bits per heavy atom. The molecule has 12 nitrogen and oxygen atoms in total. The molecule has 1 atom stereocenters. The zero-order valence-corrected chi connectivity index (χ0v) is 30.9. The highest BCUT2D eigenvalue weighted by molar-refractivity contribution is 6.39. The fourth-order valence-corrected chi connectivity index (χ4v) is 7.14. The number of halogens is 2. The lowest BCUT2D eigenvalue weighted by Crippen LogP contribution is -2.40. The Morgan fingerprint density at radius 3 is 2.67 bits per heavy atom. The number of likely N-dealkylation sites (tertiary alicyclic amines) is 1. The van der Waals surface area contributed by atoms with Crippen molar-refractivity contribution in [2.24, 2.45) is 7.05 Å². The zero-order chi connectivity index (χ0) is 36.7. The Hall–Kier alpha value is -4.75. The molecule has 1 fully saturated rings. The number of imidazole rings is 1. The second kappa shape index (κ2) is 14.3. The molecule has 14 heteroatoms. The van der Waals surface area contributed by atoms with Gasteiger partial charge in [0, 0.05) is 80.5 Å². The first-order chi connectivity index (χ1) is 24.8. The van der Waals surface area contributed by atoms with Crippen molar-refractivity contribution in [3.8, 4) is 11.1 Å². The lowest BCUT2D eigenvalue weighted by molar-refractivity contribution is 0.0220. The molecule has 2 aliphatic heterocycles. The van der Waals surface area contributed by atoms with Gasteiger partial charge in [-0.3, -0.25) is 14.7 Å². The van der Waals surface area contributed by atoms with Crippen LogP contribution in [0.2, 0.25) is 5.02 Å². The second-order valence-corrected chi connectivity index (χ2v) is 14.9. The summed E-state index contributed by atoms with van der Waals surface area (Å²) in [4.78, 5) is 44.1. The van der Waals surface area contributed by atoms with Crippen LogP contribution in [-0.4, -0.2) is 77.8 Å². The van der Waals surface area contributed by atoms with Gasteiger partial charge in [0.2, 0.25) is 5.82 Å². The molecule has 5 aromatic rings. The van der Waals surface area contributed by atoms with E-state index >= 15 is 0 Å². The second-order valence-electron chi connectivity index (χ2n) is 14.2. The number of rotatable bonds is 7. The van der Waals surface area contributed by atoms with Crippen molar-refractivity contribution in [2.45, 2.75) is 58.4 Å². The fourth-order valence-electron chi connectivity index (χ4n) is 6.68. The summed E-state index contributed by atoms with van der Waals surface area (Å²) >= 11 is 13.7. The molecule has 1 unspecified atom stereocenters. The van der Waals surface area contributed by atoms with Crippen molar-refractivity contribution in [3.05, 3.63) is 94.8 Å². The molecule has 5 heterocycles. The molecule has 2 amide bonds. The van der Waals surface area contributed by atoms with Gasteiger partial charge in [-0.05, 0) is 68.7 Å². The molecule has 0 aliphatic carbocycles. The minimum Gasteiger partial charge on any atom is -0.444 e. The highest BCUT2D eigenvalue weighted by Crippen LogP contribution is 2.38. The van der Waals surface area contributed by atoms with E-state index in [1.54, 1.807) is 34.8 Å². The van der Waals surface area contributed by atoms with E-state index in [-0.39, 0.29) is 18.5 Å². The van der Waals surface area contributed by atoms with Crippen LogP contribution in [0, 0.1) is 0 Å². The van der Waals surface area contributed by atoms with Crippen LogP contribution in [0.4, 0.5) is 22.0 Å². The van der Waals surface area contributed by atoms with Crippen LogP contribution in [-0.2, 0) is 31.3 Å². The Labute approximate surface area is 312 Å². The summed E-state index contributed by atoms with van der Waals surface area (Å²) in [5.41, 5.74) is 5.22. The van der Waals surface area contributed by atoms with E-state index in [0.29, 0.717) is 52.9 Å². The predicted molar refractivity (Wildman–Crippen MR) is 202 cm³/mol. The number of fused-ring (bicyclic) bond motifs is 2. The highest BCUT2D eigenvalue weighted by Gasteiger charge is 2.32. The van der Waals surface area contributed by atoms with Crippen molar-refractivity contribution in [2.75, 3.05) is 29.4 Å². The van der Waals surface area contributed by atoms with Gasteiger partial charge in [0.05, 0.1) is 34.7 Å². The number of amides is 2. The number of pyridine rings is 2. The van der Waals surface area contributed by atoms with Crippen LogP contribution < -0.4 is 9.74 Å². The number of hydrogen-bond donors (Lipinski definition) is 2. The number of hydrogen-bond acceptors (Lipinski definition) is 9. The number of carbonyl (C=O) groups is 2. The quantitative estimate of drug-likeness (QED) is 0.168. The Balaban J connectivity index is 1.09. The average Bonchev–Trinajstić information content (AvgIpc) is 3.68. The van der Waals surface area contributed by atoms with Gasteiger partial charge >= 0.3 is 12.0 Å². The van der Waals surface area contributed by atoms with Crippen LogP contribution in [0.25, 0.3) is 22.0 Å². The minimum absolute atomic E-state index is 0.166. The van der Waals surface area contributed by atoms with E-state index < -0.39 is 17.6 Å². The first-order valence-corrected chi connectivity index (χ1v) is 17.9. The summed E-state index contributed by atoms with van der Waals surface area (Å²) in [7, 11) is 1.78. The van der Waals surface area contributed by atoms with Crippen LogP contribution in [0.1, 0.15) is 54.8 Å². The molecule has 2 aromatic carbocycles. The normalized spacial score (nSPS) is 16.2. The molecule has 0 spiro atoms. The molecule has 2 N–H and O–H groups in total. The molecule has 1 saturated heterocycles. The number of anilines is 3. The molecule has 0 radical (unpaired) electrons. The van der Waals surface area contributed by atoms with Gasteiger partial charge in [-0.15, -0.1) is 0 Å². The molecule has 7 rings (SSSR count). The maximum absolute atomic E-state index is 13.7. The first-order valence-electron chi connectivity index (χ1n) is 17.2. The number of carbonyl (C=O) groups excluding carboxylic acids is 2. The van der Waals surface area contributed by atoms with Gasteiger partial charge < -0.3 is 24.6 Å². The summed E-state index contributed by atoms with van der Waals surface area (Å²) in [6, 6.07) is 16.9. The van der Waals surface area contributed by atoms with Gasteiger partial charge in [-0.2, -0.15) is 0 Å². The summed E-state index contributed by atoms with van der Waals surface area (Å²) < 4.78 is 8.32. The van der Waals surface area contributed by atoms with Gasteiger partial charge in [-0.25, -0.2) is 19.2 Å². The molecule has 52 heavy (non-hydrogen) atoms. The molecule has 2 aliphatic rings. The van der Waals surface area contributed by atoms with Crippen LogP contribution >= 0.6 is 23.4 Å². The largest absolute Gasteiger partial charge is 0.444 e. The van der Waals surface area contributed by atoms with Crippen molar-refractivity contribution in [1.29, 1.82) is 0 Å². The predicted octanol–water partition coefficient (Wildman–Crippen LogP) is 7.09. The number of aliphatic hydroxyl groups excluding tert-OH is 1. The highest BCUT2D eigenvalue weighted by atomic mass is 35.5. The average molecular weight is 744 g/mol. The Morgan fingerprint density at radius 1 is 1.10 bits per heavy atom.